The van der Waals surface area contributed by atoms with Gasteiger partial charge in [0.2, 0.25) is 5.95 Å². The van der Waals surface area contributed by atoms with Gasteiger partial charge in [-0.15, -0.1) is 0 Å². The number of aromatic nitrogens is 3. The number of piperidine rings is 1. The molecule has 0 unspecified atom stereocenters. The first-order valence-corrected chi connectivity index (χ1v) is 13.6. The first-order valence-electron chi connectivity index (χ1n) is 13.6. The zero-order valence-corrected chi connectivity index (χ0v) is 23.5. The predicted octanol–water partition coefficient (Wildman–Crippen LogP) is 4.39. The number of fused-ring (bicyclic) bond motifs is 2. The van der Waals surface area contributed by atoms with Gasteiger partial charge in [0.25, 0.3) is 5.91 Å². The molecular weight excluding hydrogens is 490 g/mol. The Morgan fingerprint density at radius 1 is 1.33 bits per heavy atom. The van der Waals surface area contributed by atoms with Crippen molar-refractivity contribution in [2.75, 3.05) is 46.2 Å². The number of anilines is 1. The quantitative estimate of drug-likeness (QED) is 0.543. The molecule has 0 radical (unpaired) electrons. The summed E-state index contributed by atoms with van der Waals surface area (Å²) in [4.78, 5) is 27.4. The molecule has 9 nitrogen and oxygen atoms in total. The van der Waals surface area contributed by atoms with E-state index in [0.29, 0.717) is 24.5 Å². The Labute approximate surface area is 230 Å². The maximum atomic E-state index is 14.3. The molecule has 1 aliphatic heterocycles. The Bertz CT molecular complexity index is 1400. The van der Waals surface area contributed by atoms with Gasteiger partial charge in [-0.3, -0.25) is 14.3 Å². The van der Waals surface area contributed by atoms with Crippen LogP contribution in [-0.2, 0) is 4.79 Å². The number of carbonyl (C=O) groups is 1. The highest BCUT2D eigenvalue weighted by atomic mass is 16.5. The van der Waals surface area contributed by atoms with Crippen LogP contribution in [0.3, 0.4) is 0 Å². The minimum atomic E-state index is -0.263. The van der Waals surface area contributed by atoms with Crippen LogP contribution in [0.1, 0.15) is 56.8 Å². The lowest BCUT2D eigenvalue weighted by molar-refractivity contribution is -0.134. The molecule has 0 aromatic carbocycles. The number of nitrogens with zero attached hydrogens (tertiary/aromatic N) is 6. The van der Waals surface area contributed by atoms with Crippen LogP contribution in [0.2, 0.25) is 0 Å². The van der Waals surface area contributed by atoms with Crippen LogP contribution in [0.25, 0.3) is 6.20 Å². The third-order valence-electron chi connectivity index (χ3n) is 8.08. The number of hydrogen-bond acceptors (Lipinski definition) is 7. The summed E-state index contributed by atoms with van der Waals surface area (Å²) in [5.74, 6) is 1.29. The molecule has 39 heavy (non-hydrogen) atoms. The highest BCUT2D eigenvalue weighted by Gasteiger charge is 2.52. The summed E-state index contributed by atoms with van der Waals surface area (Å²) < 4.78 is 7.68. The van der Waals surface area contributed by atoms with Gasteiger partial charge >= 0.3 is 0 Å². The van der Waals surface area contributed by atoms with Gasteiger partial charge in [-0.05, 0) is 70.0 Å². The zero-order valence-electron chi connectivity index (χ0n) is 23.5. The van der Waals surface area contributed by atoms with Crippen LogP contribution in [0.5, 0.6) is 5.75 Å². The number of rotatable bonds is 8. The fraction of sp³-hybridized carbons (Fsp3) is 0.467. The van der Waals surface area contributed by atoms with Gasteiger partial charge in [0.15, 0.2) is 0 Å². The van der Waals surface area contributed by atoms with E-state index in [4.69, 9.17) is 4.74 Å². The topological polar surface area (TPSA) is 99.3 Å². The van der Waals surface area contributed by atoms with Crippen LogP contribution in [-0.4, -0.2) is 71.1 Å². The summed E-state index contributed by atoms with van der Waals surface area (Å²) in [7, 11) is 6.02. The number of imidazole rings is 1. The van der Waals surface area contributed by atoms with E-state index in [2.05, 4.69) is 52.6 Å². The van der Waals surface area contributed by atoms with Gasteiger partial charge in [0.1, 0.15) is 17.4 Å². The van der Waals surface area contributed by atoms with Gasteiger partial charge in [-0.25, -0.2) is 4.98 Å². The average molecular weight is 528 g/mol. The van der Waals surface area contributed by atoms with Gasteiger partial charge in [-0.1, -0.05) is 6.42 Å². The van der Waals surface area contributed by atoms with E-state index in [1.807, 2.05) is 42.6 Å². The van der Waals surface area contributed by atoms with Crippen molar-refractivity contribution in [2.24, 2.45) is 5.41 Å². The smallest absolute Gasteiger partial charge is 0.254 e. The van der Waals surface area contributed by atoms with Crippen LogP contribution >= 0.6 is 0 Å². The second kappa shape index (κ2) is 10.7. The number of nitriles is 1. The number of amides is 1. The molecule has 204 valence electrons. The third-order valence-corrected chi connectivity index (χ3v) is 8.08. The number of ether oxygens (including phenoxy) is 1. The molecule has 2 aromatic heterocycles. The normalized spacial score (nSPS) is 20.0. The number of carbonyl (C=O) groups excluding carboxylic acids is 1. The lowest BCUT2D eigenvalue weighted by Crippen LogP contribution is -2.54. The van der Waals surface area contributed by atoms with Crippen molar-refractivity contribution < 1.29 is 9.53 Å². The summed E-state index contributed by atoms with van der Waals surface area (Å²) in [5, 5.41) is 12.6. The second-order valence-electron chi connectivity index (χ2n) is 11.0. The monoisotopic (exact) mass is 527 g/mol. The van der Waals surface area contributed by atoms with Gasteiger partial charge in [0.05, 0.1) is 18.3 Å². The van der Waals surface area contributed by atoms with Crippen molar-refractivity contribution in [2.45, 2.75) is 45.6 Å². The van der Waals surface area contributed by atoms with E-state index < -0.39 is 0 Å². The van der Waals surface area contributed by atoms with E-state index in [0.717, 1.165) is 55.0 Å². The maximum absolute atomic E-state index is 14.3. The molecule has 1 saturated carbocycles. The van der Waals surface area contributed by atoms with Crippen molar-refractivity contribution in [1.29, 1.82) is 5.26 Å². The highest BCUT2D eigenvalue weighted by molar-refractivity contribution is 6.01. The molecule has 2 aliphatic carbocycles. The van der Waals surface area contributed by atoms with E-state index in [1.54, 1.807) is 12.4 Å². The Kier molecular flexibility index (Phi) is 7.32. The molecule has 2 fully saturated rings. The van der Waals surface area contributed by atoms with Gasteiger partial charge in [0, 0.05) is 62.0 Å². The summed E-state index contributed by atoms with van der Waals surface area (Å²) >= 11 is 0. The van der Waals surface area contributed by atoms with Crippen molar-refractivity contribution in [3.05, 3.63) is 64.3 Å². The highest BCUT2D eigenvalue weighted by Crippen LogP contribution is 2.56. The molecule has 3 heterocycles. The number of likely N-dealkylation sites (tertiary alicyclic amines) is 1. The Morgan fingerprint density at radius 2 is 2.13 bits per heavy atom. The molecule has 3 aliphatic rings. The molecule has 1 atom stereocenters. The number of pyridine rings is 1. The average Bonchev–Trinajstić information content (AvgIpc) is 3.34. The standard InChI is InChI=1S/C30H37N7O2/c1-6-39-26-14-25(34-16-23(26)15-31)20(2)37-19-30(8-7-9-30)27-22(18-35(4)5)12-21(13-24(27)28(37)38)17-36-11-10-33-29(36)32-3/h10-11,13-14,16-17,20H,6-9,12,18-19H2,1-5H3,(H,32,33)/t20-/m1/s1. The molecule has 1 N–H and O–H groups in total. The first kappa shape index (κ1) is 26.7. The maximum Gasteiger partial charge on any atom is 0.254 e. The van der Waals surface area contributed by atoms with Gasteiger partial charge < -0.3 is 19.9 Å². The van der Waals surface area contributed by atoms with Crippen molar-refractivity contribution in [3.8, 4) is 11.8 Å². The van der Waals surface area contributed by atoms with Crippen LogP contribution in [0.4, 0.5) is 5.95 Å². The van der Waals surface area contributed by atoms with Crippen LogP contribution in [0, 0.1) is 16.7 Å². The molecule has 1 spiro atoms. The predicted molar refractivity (Wildman–Crippen MR) is 151 cm³/mol. The third kappa shape index (κ3) is 4.85. The molecular formula is C30H37N7O2. The van der Waals surface area contributed by atoms with Crippen molar-refractivity contribution in [3.63, 3.8) is 0 Å². The lowest BCUT2D eigenvalue weighted by Gasteiger charge is -2.54. The molecule has 1 saturated heterocycles. The van der Waals surface area contributed by atoms with Crippen LogP contribution in [0.15, 0.2) is 53.0 Å². The lowest BCUT2D eigenvalue weighted by atomic mass is 9.57. The number of likely N-dealkylation sites (N-methyl/N-ethyl adjacent to an activating group) is 1. The van der Waals surface area contributed by atoms with E-state index >= 15 is 0 Å². The van der Waals surface area contributed by atoms with E-state index in [1.165, 1.54) is 11.1 Å². The minimum Gasteiger partial charge on any atom is -0.492 e. The molecule has 1 amide bonds. The van der Waals surface area contributed by atoms with E-state index in [-0.39, 0.29) is 17.4 Å². The first-order chi connectivity index (χ1) is 18.8. The fourth-order valence-electron chi connectivity index (χ4n) is 6.21. The van der Waals surface area contributed by atoms with E-state index in [9.17, 15) is 10.1 Å². The number of hydrogen-bond donors (Lipinski definition) is 1. The van der Waals surface area contributed by atoms with Crippen molar-refractivity contribution >= 4 is 18.1 Å². The Morgan fingerprint density at radius 3 is 2.77 bits per heavy atom. The Hall–Kier alpha value is -3.90. The molecule has 9 heteroatoms. The zero-order chi connectivity index (χ0) is 27.7. The SMILES string of the molecule is CCOc1cc([C@@H](C)N2CC3(CCC3)C3=C(CN(C)C)CC(=Cn4ccnc4NC)C=C3C2=O)ncc1C#N. The largest absolute Gasteiger partial charge is 0.492 e. The van der Waals surface area contributed by atoms with Crippen LogP contribution < -0.4 is 10.1 Å². The number of allylic oxidation sites excluding steroid dienone is 2. The Balaban J connectivity index is 1.58. The molecule has 0 bridgehead atoms. The fourth-order valence-corrected chi connectivity index (χ4v) is 6.21. The summed E-state index contributed by atoms with van der Waals surface area (Å²) in [5.41, 5.74) is 5.55. The number of nitrogens with one attached hydrogen (secondary N) is 1. The molecule has 2 aromatic rings. The summed E-state index contributed by atoms with van der Waals surface area (Å²) in [6.45, 7) is 5.85. The van der Waals surface area contributed by atoms with Crippen molar-refractivity contribution in [1.82, 2.24) is 24.3 Å². The summed E-state index contributed by atoms with van der Waals surface area (Å²) in [6.07, 6.45) is 13.5. The second-order valence-corrected chi connectivity index (χ2v) is 11.0. The minimum absolute atomic E-state index is 0.0282. The van der Waals surface area contributed by atoms with Gasteiger partial charge in [-0.2, -0.15) is 5.26 Å². The molecule has 5 rings (SSSR count). The summed E-state index contributed by atoms with van der Waals surface area (Å²) in [6, 6.07) is 3.70.